The van der Waals surface area contributed by atoms with Crippen LogP contribution in [0, 0.1) is 5.92 Å². The SMILES string of the molecule is CC(=O)N1c2ccc(C(C=NC3CCNC(=O)C3)=CN)cc2N(C(=O)C2CC2)CC1C. The van der Waals surface area contributed by atoms with Crippen molar-refractivity contribution in [2.45, 2.75) is 51.6 Å². The Labute approximate surface area is 182 Å². The number of piperidine rings is 1. The van der Waals surface area contributed by atoms with E-state index >= 15 is 0 Å². The fourth-order valence-electron chi connectivity index (χ4n) is 4.34. The number of aliphatic imine (C=N–C) groups is 1. The molecule has 3 N–H and O–H groups in total. The molecule has 8 heteroatoms. The second-order valence-electron chi connectivity index (χ2n) is 8.56. The second-order valence-corrected chi connectivity index (χ2v) is 8.56. The fourth-order valence-corrected chi connectivity index (χ4v) is 4.34. The average Bonchev–Trinajstić information content (AvgIpc) is 3.58. The summed E-state index contributed by atoms with van der Waals surface area (Å²) >= 11 is 0. The van der Waals surface area contributed by atoms with Crippen molar-refractivity contribution in [3.05, 3.63) is 30.0 Å². The maximum absolute atomic E-state index is 13.0. The first-order chi connectivity index (χ1) is 14.9. The van der Waals surface area contributed by atoms with Crippen molar-refractivity contribution in [3.63, 3.8) is 0 Å². The van der Waals surface area contributed by atoms with E-state index < -0.39 is 0 Å². The number of carbonyl (C=O) groups excluding carboxylic acids is 3. The van der Waals surface area contributed by atoms with Gasteiger partial charge < -0.3 is 20.9 Å². The van der Waals surface area contributed by atoms with Crippen LogP contribution in [-0.2, 0) is 14.4 Å². The topological polar surface area (TPSA) is 108 Å². The van der Waals surface area contributed by atoms with Crippen LogP contribution in [0.5, 0.6) is 0 Å². The third kappa shape index (κ3) is 4.33. The van der Waals surface area contributed by atoms with Crippen LogP contribution in [0.25, 0.3) is 5.57 Å². The zero-order valence-corrected chi connectivity index (χ0v) is 18.0. The van der Waals surface area contributed by atoms with Crippen molar-refractivity contribution in [1.29, 1.82) is 0 Å². The number of nitrogens with zero attached hydrogens (tertiary/aromatic N) is 3. The van der Waals surface area contributed by atoms with Crippen LogP contribution < -0.4 is 20.9 Å². The summed E-state index contributed by atoms with van der Waals surface area (Å²) in [7, 11) is 0. The zero-order chi connectivity index (χ0) is 22.1. The predicted molar refractivity (Wildman–Crippen MR) is 121 cm³/mol. The van der Waals surface area contributed by atoms with E-state index in [1.54, 1.807) is 18.0 Å². The molecule has 1 saturated carbocycles. The predicted octanol–water partition coefficient (Wildman–Crippen LogP) is 1.83. The Balaban J connectivity index is 1.66. The highest BCUT2D eigenvalue weighted by Gasteiger charge is 2.39. The molecule has 4 rings (SSSR count). The molecule has 1 saturated heterocycles. The van der Waals surface area contributed by atoms with Crippen LogP contribution in [0.2, 0.25) is 0 Å². The lowest BCUT2D eigenvalue weighted by Crippen LogP contribution is -2.51. The van der Waals surface area contributed by atoms with Crippen molar-refractivity contribution >= 4 is 40.9 Å². The highest BCUT2D eigenvalue weighted by atomic mass is 16.2. The molecule has 2 aliphatic heterocycles. The maximum atomic E-state index is 13.0. The van der Waals surface area contributed by atoms with Gasteiger partial charge in [-0.05, 0) is 43.9 Å². The summed E-state index contributed by atoms with van der Waals surface area (Å²) in [5, 5.41) is 2.80. The number of fused-ring (bicyclic) bond motifs is 1. The standard InChI is InChI=1S/C23H29N5O3/c1-14-13-27(23(31)16-3-4-16)21-9-17(5-6-20(21)28(14)15(2)29)18(11-24)12-26-19-7-8-25-22(30)10-19/h5-6,9,11-12,14,16,19H,3-4,7-8,10,13,24H2,1-2H3,(H,25,30). The minimum atomic E-state index is -0.0953. The number of anilines is 2. The third-order valence-corrected chi connectivity index (χ3v) is 6.10. The van der Waals surface area contributed by atoms with Gasteiger partial charge in [0.15, 0.2) is 0 Å². The Morgan fingerprint density at radius 2 is 2.00 bits per heavy atom. The van der Waals surface area contributed by atoms with Gasteiger partial charge in [0.05, 0.1) is 23.5 Å². The van der Waals surface area contributed by atoms with Gasteiger partial charge in [-0.15, -0.1) is 0 Å². The number of nitrogens with two attached hydrogens (primary N) is 1. The zero-order valence-electron chi connectivity index (χ0n) is 18.0. The van der Waals surface area contributed by atoms with Crippen molar-refractivity contribution in [1.82, 2.24) is 5.32 Å². The minimum Gasteiger partial charge on any atom is -0.404 e. The Hall–Kier alpha value is -3.16. The molecular weight excluding hydrogens is 394 g/mol. The van der Waals surface area contributed by atoms with Crippen LogP contribution in [-0.4, -0.2) is 49.1 Å². The Bertz CT molecular complexity index is 966. The lowest BCUT2D eigenvalue weighted by molar-refractivity contribution is -0.122. The first-order valence-corrected chi connectivity index (χ1v) is 10.9. The van der Waals surface area contributed by atoms with E-state index in [0.717, 1.165) is 36.2 Å². The highest BCUT2D eigenvalue weighted by Crippen LogP contribution is 2.41. The minimum absolute atomic E-state index is 0.00753. The maximum Gasteiger partial charge on any atom is 0.230 e. The number of benzene rings is 1. The summed E-state index contributed by atoms with van der Waals surface area (Å²) in [5.74, 6) is 0.157. The van der Waals surface area contributed by atoms with Gasteiger partial charge in [-0.2, -0.15) is 0 Å². The monoisotopic (exact) mass is 423 g/mol. The molecule has 164 valence electrons. The normalized spacial score (nSPS) is 24.2. The number of hydrogen-bond donors (Lipinski definition) is 2. The smallest absolute Gasteiger partial charge is 0.230 e. The van der Waals surface area contributed by atoms with E-state index in [0.29, 0.717) is 25.1 Å². The number of hydrogen-bond acceptors (Lipinski definition) is 5. The molecule has 2 atom stereocenters. The number of rotatable bonds is 4. The number of carbonyl (C=O) groups is 3. The Kier molecular flexibility index (Phi) is 5.80. The largest absolute Gasteiger partial charge is 0.404 e. The third-order valence-electron chi connectivity index (χ3n) is 6.10. The van der Waals surface area contributed by atoms with E-state index in [1.807, 2.05) is 30.0 Å². The first-order valence-electron chi connectivity index (χ1n) is 10.9. The van der Waals surface area contributed by atoms with Gasteiger partial charge in [-0.1, -0.05) is 6.07 Å². The molecule has 0 bridgehead atoms. The summed E-state index contributed by atoms with van der Waals surface area (Å²) in [6.07, 6.45) is 6.18. The van der Waals surface area contributed by atoms with Crippen LogP contribution in [0.4, 0.5) is 11.4 Å². The quantitative estimate of drug-likeness (QED) is 0.720. The highest BCUT2D eigenvalue weighted by molar-refractivity contribution is 6.12. The van der Waals surface area contributed by atoms with Crippen LogP contribution in [0.15, 0.2) is 29.4 Å². The number of amides is 3. The Morgan fingerprint density at radius 3 is 2.65 bits per heavy atom. The molecule has 1 aromatic rings. The molecule has 1 aliphatic carbocycles. The summed E-state index contributed by atoms with van der Waals surface area (Å²) in [6, 6.07) is 5.52. The van der Waals surface area contributed by atoms with E-state index in [1.165, 1.54) is 6.20 Å². The molecule has 8 nitrogen and oxygen atoms in total. The first kappa shape index (κ1) is 21.1. The summed E-state index contributed by atoms with van der Waals surface area (Å²) < 4.78 is 0. The van der Waals surface area contributed by atoms with Gasteiger partial charge >= 0.3 is 0 Å². The van der Waals surface area contributed by atoms with Crippen LogP contribution in [0.3, 0.4) is 0 Å². The summed E-state index contributed by atoms with van der Waals surface area (Å²) in [5.41, 5.74) is 8.89. The second kappa shape index (κ2) is 8.53. The van der Waals surface area contributed by atoms with E-state index in [2.05, 4.69) is 10.3 Å². The molecule has 2 heterocycles. The molecule has 31 heavy (non-hydrogen) atoms. The summed E-state index contributed by atoms with van der Waals surface area (Å²) in [6.45, 7) is 4.60. The lowest BCUT2D eigenvalue weighted by Gasteiger charge is -2.41. The van der Waals surface area contributed by atoms with Crippen molar-refractivity contribution < 1.29 is 14.4 Å². The van der Waals surface area contributed by atoms with Crippen molar-refractivity contribution in [2.75, 3.05) is 22.9 Å². The molecule has 3 aliphatic rings. The van der Waals surface area contributed by atoms with Crippen LogP contribution in [0.1, 0.15) is 45.1 Å². The molecule has 1 aromatic carbocycles. The molecule has 0 radical (unpaired) electrons. The fraction of sp³-hybridized carbons (Fsp3) is 0.478. The molecule has 0 spiro atoms. The van der Waals surface area contributed by atoms with E-state index in [-0.39, 0.29) is 35.7 Å². The Morgan fingerprint density at radius 1 is 1.23 bits per heavy atom. The molecule has 0 aromatic heterocycles. The van der Waals surface area contributed by atoms with Gasteiger partial charge in [0.25, 0.3) is 0 Å². The van der Waals surface area contributed by atoms with Crippen molar-refractivity contribution in [3.8, 4) is 0 Å². The van der Waals surface area contributed by atoms with Crippen LogP contribution >= 0.6 is 0 Å². The van der Waals surface area contributed by atoms with Gasteiger partial charge in [-0.25, -0.2) is 0 Å². The lowest BCUT2D eigenvalue weighted by atomic mass is 10.0. The molecule has 2 fully saturated rings. The van der Waals surface area contributed by atoms with E-state index in [9.17, 15) is 14.4 Å². The molecular formula is C23H29N5O3. The number of allylic oxidation sites excluding steroid dienone is 1. The number of nitrogens with one attached hydrogen (secondary N) is 1. The molecule has 2 unspecified atom stereocenters. The van der Waals surface area contributed by atoms with E-state index in [4.69, 9.17) is 5.73 Å². The van der Waals surface area contributed by atoms with Crippen molar-refractivity contribution in [2.24, 2.45) is 16.6 Å². The van der Waals surface area contributed by atoms with Gasteiger partial charge in [-0.3, -0.25) is 19.4 Å². The van der Waals surface area contributed by atoms with Gasteiger partial charge in [0, 0.05) is 50.3 Å². The van der Waals surface area contributed by atoms with Gasteiger partial charge in [0.2, 0.25) is 17.7 Å². The average molecular weight is 424 g/mol. The van der Waals surface area contributed by atoms with Gasteiger partial charge in [0.1, 0.15) is 0 Å². The summed E-state index contributed by atoms with van der Waals surface area (Å²) in [4.78, 5) is 45.0. The molecule has 3 amide bonds.